The highest BCUT2D eigenvalue weighted by molar-refractivity contribution is 5.30. The lowest BCUT2D eigenvalue weighted by Gasteiger charge is -2.23. The number of fused-ring (bicyclic) bond motifs is 1. The van der Waals surface area contributed by atoms with Crippen molar-refractivity contribution in [3.63, 3.8) is 0 Å². The number of hydrogen-bond acceptors (Lipinski definition) is 5. The fourth-order valence-electron chi connectivity index (χ4n) is 1.73. The smallest absolute Gasteiger partial charge is 0.222 e. The van der Waals surface area contributed by atoms with Crippen LogP contribution in [0.2, 0.25) is 0 Å². The van der Waals surface area contributed by atoms with Gasteiger partial charge in [0.25, 0.3) is 0 Å². The number of anilines is 1. The quantitative estimate of drug-likeness (QED) is 0.720. The second-order valence-corrected chi connectivity index (χ2v) is 3.87. The summed E-state index contributed by atoms with van der Waals surface area (Å²) in [5.74, 6) is 0.698. The highest BCUT2D eigenvalue weighted by atomic mass is 15.1. The molecule has 0 atom stereocenters. The molecule has 0 bridgehead atoms. The predicted molar refractivity (Wildman–Crippen MR) is 59.6 cm³/mol. The van der Waals surface area contributed by atoms with E-state index in [2.05, 4.69) is 27.2 Å². The third-order valence-corrected chi connectivity index (χ3v) is 2.55. The molecule has 2 heterocycles. The minimum atomic E-state index is 0.600. The molecular formula is C10H17N5. The van der Waals surface area contributed by atoms with Crippen LogP contribution in [-0.4, -0.2) is 41.5 Å². The molecule has 0 aliphatic carbocycles. The molecule has 1 aromatic rings. The second kappa shape index (κ2) is 4.55. The zero-order valence-corrected chi connectivity index (χ0v) is 9.03. The van der Waals surface area contributed by atoms with Gasteiger partial charge in [-0.05, 0) is 7.05 Å². The molecule has 2 rings (SSSR count). The lowest BCUT2D eigenvalue weighted by Crippen LogP contribution is -2.28. The van der Waals surface area contributed by atoms with Gasteiger partial charge in [-0.3, -0.25) is 0 Å². The molecule has 3 N–H and O–H groups in total. The van der Waals surface area contributed by atoms with Crippen LogP contribution in [0.25, 0.3) is 0 Å². The number of hydrogen-bond donors (Lipinski definition) is 2. The molecule has 82 valence electrons. The summed E-state index contributed by atoms with van der Waals surface area (Å²) in [6.07, 6.45) is 2.92. The predicted octanol–water partition coefficient (Wildman–Crippen LogP) is -0.165. The molecule has 0 amide bonds. The molecule has 5 nitrogen and oxygen atoms in total. The highest BCUT2D eigenvalue weighted by Gasteiger charge is 2.14. The van der Waals surface area contributed by atoms with Crippen LogP contribution >= 0.6 is 0 Å². The van der Waals surface area contributed by atoms with Gasteiger partial charge in [0.15, 0.2) is 0 Å². The minimum Gasteiger partial charge on any atom is -0.353 e. The maximum atomic E-state index is 5.41. The SMILES string of the molecule is CN1CCc2nc(NCCN)ncc2C1. The van der Waals surface area contributed by atoms with Crippen LogP contribution in [-0.2, 0) is 13.0 Å². The fourth-order valence-corrected chi connectivity index (χ4v) is 1.73. The van der Waals surface area contributed by atoms with E-state index >= 15 is 0 Å². The summed E-state index contributed by atoms with van der Waals surface area (Å²) in [6, 6.07) is 0. The van der Waals surface area contributed by atoms with Crippen molar-refractivity contribution in [1.29, 1.82) is 0 Å². The molecule has 0 aromatic carbocycles. The molecular weight excluding hydrogens is 190 g/mol. The van der Waals surface area contributed by atoms with Crippen LogP contribution in [0, 0.1) is 0 Å². The summed E-state index contributed by atoms with van der Waals surface area (Å²) in [5, 5.41) is 3.09. The number of aromatic nitrogens is 2. The molecule has 1 aliphatic heterocycles. The van der Waals surface area contributed by atoms with Gasteiger partial charge in [-0.1, -0.05) is 0 Å². The molecule has 0 fully saturated rings. The highest BCUT2D eigenvalue weighted by Crippen LogP contribution is 2.15. The Morgan fingerprint density at radius 1 is 1.60 bits per heavy atom. The molecule has 5 heteroatoms. The Morgan fingerprint density at radius 2 is 2.47 bits per heavy atom. The Bertz CT molecular complexity index is 339. The third-order valence-electron chi connectivity index (χ3n) is 2.55. The van der Waals surface area contributed by atoms with E-state index < -0.39 is 0 Å². The summed E-state index contributed by atoms with van der Waals surface area (Å²) in [5.41, 5.74) is 7.81. The van der Waals surface area contributed by atoms with Crippen LogP contribution in [0.15, 0.2) is 6.20 Å². The average Bonchev–Trinajstić information content (AvgIpc) is 2.26. The molecule has 0 saturated heterocycles. The van der Waals surface area contributed by atoms with E-state index in [0.29, 0.717) is 12.5 Å². The van der Waals surface area contributed by atoms with E-state index in [1.165, 1.54) is 11.3 Å². The minimum absolute atomic E-state index is 0.600. The molecule has 0 spiro atoms. The van der Waals surface area contributed by atoms with Gasteiger partial charge in [0, 0.05) is 44.4 Å². The van der Waals surface area contributed by atoms with E-state index in [4.69, 9.17) is 5.73 Å². The van der Waals surface area contributed by atoms with Crippen molar-refractivity contribution in [2.24, 2.45) is 5.73 Å². The topological polar surface area (TPSA) is 67.1 Å². The van der Waals surface area contributed by atoms with Gasteiger partial charge in [-0.15, -0.1) is 0 Å². The molecule has 1 aromatic heterocycles. The van der Waals surface area contributed by atoms with Crippen LogP contribution < -0.4 is 11.1 Å². The number of nitrogens with one attached hydrogen (secondary N) is 1. The van der Waals surface area contributed by atoms with Crippen molar-refractivity contribution in [1.82, 2.24) is 14.9 Å². The van der Waals surface area contributed by atoms with Crippen LogP contribution in [0.3, 0.4) is 0 Å². The maximum Gasteiger partial charge on any atom is 0.222 e. The van der Waals surface area contributed by atoms with Crippen molar-refractivity contribution in [2.75, 3.05) is 32.0 Å². The van der Waals surface area contributed by atoms with Gasteiger partial charge < -0.3 is 16.0 Å². The van der Waals surface area contributed by atoms with Gasteiger partial charge in [-0.2, -0.15) is 0 Å². The Morgan fingerprint density at radius 3 is 3.27 bits per heavy atom. The zero-order valence-electron chi connectivity index (χ0n) is 9.03. The van der Waals surface area contributed by atoms with Gasteiger partial charge >= 0.3 is 0 Å². The number of nitrogens with zero attached hydrogens (tertiary/aromatic N) is 3. The van der Waals surface area contributed by atoms with Crippen molar-refractivity contribution in [3.8, 4) is 0 Å². The molecule has 0 radical (unpaired) electrons. The number of rotatable bonds is 3. The van der Waals surface area contributed by atoms with E-state index in [1.54, 1.807) is 0 Å². The zero-order chi connectivity index (χ0) is 10.7. The van der Waals surface area contributed by atoms with Gasteiger partial charge in [0.2, 0.25) is 5.95 Å². The van der Waals surface area contributed by atoms with E-state index in [0.717, 1.165) is 26.1 Å². The Hall–Kier alpha value is -1.20. The molecule has 0 saturated carbocycles. The maximum absolute atomic E-state index is 5.41. The third kappa shape index (κ3) is 2.43. The Kier molecular flexibility index (Phi) is 3.13. The monoisotopic (exact) mass is 207 g/mol. The van der Waals surface area contributed by atoms with Crippen LogP contribution in [0.4, 0.5) is 5.95 Å². The largest absolute Gasteiger partial charge is 0.353 e. The van der Waals surface area contributed by atoms with Gasteiger partial charge in [0.1, 0.15) is 0 Å². The van der Waals surface area contributed by atoms with Gasteiger partial charge in [0.05, 0.1) is 5.69 Å². The lowest BCUT2D eigenvalue weighted by molar-refractivity contribution is 0.309. The van der Waals surface area contributed by atoms with Crippen molar-refractivity contribution in [3.05, 3.63) is 17.5 Å². The standard InChI is InChI=1S/C10H17N5/c1-15-5-2-9-8(7-15)6-13-10(14-9)12-4-3-11/h6H,2-5,7,11H2,1H3,(H,12,13,14). The normalized spacial score (nSPS) is 16.1. The van der Waals surface area contributed by atoms with Crippen LogP contribution in [0.5, 0.6) is 0 Å². The van der Waals surface area contributed by atoms with Gasteiger partial charge in [-0.25, -0.2) is 9.97 Å². The summed E-state index contributed by atoms with van der Waals surface area (Å²) < 4.78 is 0. The fraction of sp³-hybridized carbons (Fsp3) is 0.600. The number of nitrogens with two attached hydrogens (primary N) is 1. The summed E-state index contributed by atoms with van der Waals surface area (Å²) >= 11 is 0. The van der Waals surface area contributed by atoms with Crippen LogP contribution in [0.1, 0.15) is 11.3 Å². The molecule has 1 aliphatic rings. The van der Waals surface area contributed by atoms with Crippen molar-refractivity contribution in [2.45, 2.75) is 13.0 Å². The van der Waals surface area contributed by atoms with E-state index in [-0.39, 0.29) is 0 Å². The lowest BCUT2D eigenvalue weighted by atomic mass is 10.1. The first-order chi connectivity index (χ1) is 7.29. The van der Waals surface area contributed by atoms with Crippen molar-refractivity contribution < 1.29 is 0 Å². The number of likely N-dealkylation sites (N-methyl/N-ethyl adjacent to an activating group) is 1. The second-order valence-electron chi connectivity index (χ2n) is 3.87. The summed E-state index contributed by atoms with van der Waals surface area (Å²) in [6.45, 7) is 3.34. The Balaban J connectivity index is 2.12. The summed E-state index contributed by atoms with van der Waals surface area (Å²) in [4.78, 5) is 11.0. The van der Waals surface area contributed by atoms with E-state index in [9.17, 15) is 0 Å². The van der Waals surface area contributed by atoms with Crippen molar-refractivity contribution >= 4 is 5.95 Å². The molecule has 15 heavy (non-hydrogen) atoms. The first-order valence-corrected chi connectivity index (χ1v) is 5.27. The first kappa shape index (κ1) is 10.3. The average molecular weight is 207 g/mol. The summed E-state index contributed by atoms with van der Waals surface area (Å²) in [7, 11) is 2.11. The Labute approximate surface area is 89.7 Å². The van der Waals surface area contributed by atoms with E-state index in [1.807, 2.05) is 6.20 Å². The molecule has 0 unspecified atom stereocenters. The first-order valence-electron chi connectivity index (χ1n) is 5.27.